The first kappa shape index (κ1) is 54.5. The highest BCUT2D eigenvalue weighted by molar-refractivity contribution is 5.98. The van der Waals surface area contributed by atoms with Crippen LogP contribution in [-0.4, -0.2) is 101 Å². The lowest BCUT2D eigenvalue weighted by Crippen LogP contribution is -2.39. The van der Waals surface area contributed by atoms with Crippen LogP contribution in [0.1, 0.15) is 117 Å². The number of carbonyl (C=O) groups is 8. The van der Waals surface area contributed by atoms with Crippen LogP contribution in [0.4, 0.5) is 11.4 Å². The third kappa shape index (κ3) is 21.5. The van der Waals surface area contributed by atoms with Gasteiger partial charge in [0.25, 0.3) is 0 Å². The van der Waals surface area contributed by atoms with Gasteiger partial charge in [-0.15, -0.1) is 0 Å². The number of amides is 4. The van der Waals surface area contributed by atoms with Crippen LogP contribution in [0.5, 0.6) is 0 Å². The standard InChI is InChI=1S/C16H21NO3.C14H17NO3.C11H19NO3.C9H15NO3/c1-20-16(19)12-17(14-9-3-2-4-10-14)15(18)11-13-7-5-6-8-13;1-18-14(17)10-15(12-5-3-2-4-6-12)13(16)9-11-7-8-11;1-8(11(14)15-2)12-10(13)7-9-5-3-4-6-9;1-6(9(12)13-2)10-8(11)5-7-3-4-7/h2-4,9-10,13H,5-8,11-12H2,1H3;2-6,11H,7-10H2,1H3;8-9H,3-7H2,1-2H3,(H,12,13);6-7H,3-5H2,1-2H3,(H,10,11)/t;;8-;6-/m..00/s1. The van der Waals surface area contributed by atoms with Crippen LogP contribution in [0, 0.1) is 23.7 Å². The van der Waals surface area contributed by atoms with Crippen molar-refractivity contribution in [2.75, 3.05) is 51.3 Å². The maximum Gasteiger partial charge on any atom is 0.328 e. The molecule has 2 atom stereocenters. The fourth-order valence-corrected chi connectivity index (χ4v) is 7.63. The largest absolute Gasteiger partial charge is 0.468 e. The van der Waals surface area contributed by atoms with Gasteiger partial charge in [-0.05, 0) is 113 Å². The second-order valence-corrected chi connectivity index (χ2v) is 17.4. The van der Waals surface area contributed by atoms with Crippen molar-refractivity contribution in [2.45, 2.75) is 129 Å². The number of methoxy groups -OCH3 is 4. The van der Waals surface area contributed by atoms with Gasteiger partial charge < -0.3 is 39.4 Å². The molecule has 4 saturated carbocycles. The van der Waals surface area contributed by atoms with E-state index in [-0.39, 0.29) is 36.7 Å². The van der Waals surface area contributed by atoms with Crippen molar-refractivity contribution in [3.05, 3.63) is 60.7 Å². The van der Waals surface area contributed by atoms with Gasteiger partial charge in [-0.25, -0.2) is 9.59 Å². The molecule has 4 fully saturated rings. The molecule has 4 aliphatic carbocycles. The van der Waals surface area contributed by atoms with Crippen LogP contribution in [0.3, 0.4) is 0 Å². The number of esters is 4. The van der Waals surface area contributed by atoms with Crippen molar-refractivity contribution in [2.24, 2.45) is 23.7 Å². The van der Waals surface area contributed by atoms with Crippen molar-refractivity contribution < 1.29 is 57.3 Å². The molecule has 6 rings (SSSR count). The second kappa shape index (κ2) is 29.7. The number of anilines is 2. The molecule has 0 radical (unpaired) electrons. The van der Waals surface area contributed by atoms with E-state index in [1.165, 1.54) is 63.9 Å². The fourth-order valence-electron chi connectivity index (χ4n) is 7.63. The van der Waals surface area contributed by atoms with E-state index in [1.807, 2.05) is 60.7 Å². The summed E-state index contributed by atoms with van der Waals surface area (Å²) >= 11 is 0. The van der Waals surface area contributed by atoms with Crippen molar-refractivity contribution in [1.82, 2.24) is 10.6 Å². The van der Waals surface area contributed by atoms with E-state index in [4.69, 9.17) is 0 Å². The van der Waals surface area contributed by atoms with E-state index in [1.54, 1.807) is 13.8 Å². The van der Waals surface area contributed by atoms with Crippen LogP contribution in [-0.2, 0) is 57.3 Å². The molecule has 0 aromatic heterocycles. The number of carbonyl (C=O) groups excluding carboxylic acids is 8. The molecule has 0 spiro atoms. The Morgan fingerprint density at radius 1 is 0.470 bits per heavy atom. The van der Waals surface area contributed by atoms with E-state index in [0.717, 1.165) is 62.7 Å². The molecule has 0 bridgehead atoms. The van der Waals surface area contributed by atoms with E-state index >= 15 is 0 Å². The number of para-hydroxylation sites is 2. The molecule has 4 aliphatic rings. The minimum atomic E-state index is -0.538. The van der Waals surface area contributed by atoms with Gasteiger partial charge in [0.1, 0.15) is 25.2 Å². The van der Waals surface area contributed by atoms with Crippen LogP contribution >= 0.6 is 0 Å². The SMILES string of the molecule is COC(=O)CN(C(=O)CC1CC1)c1ccccc1.COC(=O)CN(C(=O)CC1CCCC1)c1ccccc1.COC(=O)[C@H](C)NC(=O)CC1CC1.COC(=O)[C@H](C)NC(=O)CC1CCCC1. The van der Waals surface area contributed by atoms with Gasteiger partial charge in [-0.3, -0.25) is 28.8 Å². The molecule has 2 N–H and O–H groups in total. The molecule has 0 unspecified atom stereocenters. The van der Waals surface area contributed by atoms with Crippen molar-refractivity contribution in [3.63, 3.8) is 0 Å². The van der Waals surface area contributed by atoms with Crippen molar-refractivity contribution in [3.8, 4) is 0 Å². The third-order valence-corrected chi connectivity index (χ3v) is 11.9. The van der Waals surface area contributed by atoms with E-state index < -0.39 is 36.0 Å². The lowest BCUT2D eigenvalue weighted by molar-refractivity contribution is -0.144. The predicted molar refractivity (Wildman–Crippen MR) is 249 cm³/mol. The molecule has 0 aliphatic heterocycles. The molecule has 16 heteroatoms. The number of ether oxygens (including phenoxy) is 4. The highest BCUT2D eigenvalue weighted by Crippen LogP contribution is 2.34. The fraction of sp³-hybridized carbons (Fsp3) is 0.600. The van der Waals surface area contributed by atoms with Crippen LogP contribution in [0.2, 0.25) is 0 Å². The summed E-state index contributed by atoms with van der Waals surface area (Å²) < 4.78 is 18.3. The first-order valence-corrected chi connectivity index (χ1v) is 23.3. The Hall–Kier alpha value is -5.80. The Balaban J connectivity index is 0.000000237. The summed E-state index contributed by atoms with van der Waals surface area (Å²) in [5.74, 6) is 0.339. The summed E-state index contributed by atoms with van der Waals surface area (Å²) in [6.07, 6.45) is 16.0. The average molecular weight is 921 g/mol. The summed E-state index contributed by atoms with van der Waals surface area (Å²) in [7, 11) is 5.30. The van der Waals surface area contributed by atoms with Gasteiger partial charge >= 0.3 is 23.9 Å². The Bertz CT molecular complexity index is 1840. The van der Waals surface area contributed by atoms with E-state index in [9.17, 15) is 38.4 Å². The Kier molecular flexibility index (Phi) is 24.5. The molecule has 4 amide bonds. The van der Waals surface area contributed by atoms with Crippen molar-refractivity contribution in [1.29, 1.82) is 0 Å². The first-order chi connectivity index (χ1) is 31.7. The lowest BCUT2D eigenvalue weighted by Gasteiger charge is -2.23. The lowest BCUT2D eigenvalue weighted by atomic mass is 10.0. The smallest absolute Gasteiger partial charge is 0.328 e. The molecule has 66 heavy (non-hydrogen) atoms. The second-order valence-electron chi connectivity index (χ2n) is 17.4. The summed E-state index contributed by atoms with van der Waals surface area (Å²) in [5.41, 5.74) is 1.49. The zero-order chi connectivity index (χ0) is 48.4. The van der Waals surface area contributed by atoms with Gasteiger partial charge in [-0.2, -0.15) is 0 Å². The quantitative estimate of drug-likeness (QED) is 0.122. The summed E-state index contributed by atoms with van der Waals surface area (Å²) in [5, 5.41) is 5.23. The zero-order valence-corrected chi connectivity index (χ0v) is 39.8. The average Bonchev–Trinajstić information content (AvgIpc) is 4.21. The monoisotopic (exact) mass is 921 g/mol. The maximum absolute atomic E-state index is 12.5. The van der Waals surface area contributed by atoms with E-state index in [2.05, 4.69) is 29.6 Å². The van der Waals surface area contributed by atoms with Gasteiger partial charge in [-0.1, -0.05) is 62.1 Å². The predicted octanol–water partition coefficient (Wildman–Crippen LogP) is 6.47. The van der Waals surface area contributed by atoms with Crippen LogP contribution in [0.15, 0.2) is 60.7 Å². The molecule has 16 nitrogen and oxygen atoms in total. The summed E-state index contributed by atoms with van der Waals surface area (Å²) in [4.78, 5) is 95.3. The normalized spacial score (nSPS) is 16.1. The molecule has 364 valence electrons. The Morgan fingerprint density at radius 3 is 1.08 bits per heavy atom. The highest BCUT2D eigenvalue weighted by atomic mass is 16.5. The van der Waals surface area contributed by atoms with Crippen molar-refractivity contribution >= 4 is 58.9 Å². The van der Waals surface area contributed by atoms with Gasteiger partial charge in [0.2, 0.25) is 23.6 Å². The minimum absolute atomic E-state index is 0.00546. The summed E-state index contributed by atoms with van der Waals surface area (Å²) in [6, 6.07) is 17.5. The molecular weight excluding hydrogens is 849 g/mol. The number of nitrogens with one attached hydrogen (secondary N) is 2. The number of benzene rings is 2. The molecule has 2 aromatic rings. The molecule has 2 aromatic carbocycles. The number of nitrogens with zero attached hydrogens (tertiary/aromatic N) is 2. The van der Waals surface area contributed by atoms with Crippen LogP contribution < -0.4 is 20.4 Å². The van der Waals surface area contributed by atoms with E-state index in [0.29, 0.717) is 49.4 Å². The van der Waals surface area contributed by atoms with Gasteiger partial charge in [0, 0.05) is 37.1 Å². The topological polar surface area (TPSA) is 204 Å². The molecule has 0 saturated heterocycles. The van der Waals surface area contributed by atoms with Gasteiger partial charge in [0.15, 0.2) is 0 Å². The molecule has 0 heterocycles. The zero-order valence-electron chi connectivity index (χ0n) is 39.8. The number of hydrogen-bond acceptors (Lipinski definition) is 12. The summed E-state index contributed by atoms with van der Waals surface area (Å²) in [6.45, 7) is 3.22. The Labute approximate surface area is 390 Å². The number of rotatable bonds is 18. The number of hydrogen-bond donors (Lipinski definition) is 2. The third-order valence-electron chi connectivity index (χ3n) is 11.9. The maximum atomic E-state index is 12.5. The Morgan fingerprint density at radius 2 is 0.773 bits per heavy atom. The highest BCUT2D eigenvalue weighted by Gasteiger charge is 2.29. The van der Waals surface area contributed by atoms with Crippen LogP contribution in [0.25, 0.3) is 0 Å². The molecular formula is C50H72N4O12. The first-order valence-electron chi connectivity index (χ1n) is 23.3. The van der Waals surface area contributed by atoms with Gasteiger partial charge in [0.05, 0.1) is 28.4 Å². The minimum Gasteiger partial charge on any atom is -0.468 e.